The smallest absolute Gasteiger partial charge is 0.309 e. The highest BCUT2D eigenvalue weighted by Crippen LogP contribution is 2.38. The molecule has 0 aliphatic carbocycles. The maximum Gasteiger partial charge on any atom is 0.335 e. The lowest BCUT2D eigenvalue weighted by Crippen LogP contribution is -2.54. The second-order valence-electron chi connectivity index (χ2n) is 9.31. The van der Waals surface area contributed by atoms with Crippen molar-refractivity contribution in [1.82, 2.24) is 9.88 Å². The number of nitrogens with zero attached hydrogens (tertiary/aromatic N) is 2. The predicted octanol–water partition coefficient (Wildman–Crippen LogP) is 8.00. The molecule has 4 amide bonds. The van der Waals surface area contributed by atoms with Crippen molar-refractivity contribution in [1.29, 1.82) is 0 Å². The number of imide groups is 2. The van der Waals surface area contributed by atoms with Crippen LogP contribution >= 0.6 is 31.9 Å². The standard InChI is InChI=1S/C33H21Br2N3O3/c34-24-11-15-26(16-12-24)37-29(21-7-3-1-4-8-21)20-23(30(37)22-9-5-2-6-10-22)19-28-31(39)36-33(41)38(32(28)40)27-17-13-25(35)14-18-27/h1-20H,(H,36,39,41). The molecule has 0 atom stereocenters. The van der Waals surface area contributed by atoms with Crippen molar-refractivity contribution in [2.45, 2.75) is 0 Å². The lowest BCUT2D eigenvalue weighted by atomic mass is 10.0. The lowest BCUT2D eigenvalue weighted by Gasteiger charge is -2.26. The third kappa shape index (κ3) is 5.19. The molecule has 200 valence electrons. The fraction of sp³-hybridized carbons (Fsp3) is 0. The first-order chi connectivity index (χ1) is 19.9. The van der Waals surface area contributed by atoms with E-state index in [9.17, 15) is 14.4 Å². The average Bonchev–Trinajstić information content (AvgIpc) is 3.36. The van der Waals surface area contributed by atoms with Gasteiger partial charge < -0.3 is 4.57 Å². The number of urea groups is 1. The number of benzene rings is 4. The molecular weight excluding hydrogens is 646 g/mol. The van der Waals surface area contributed by atoms with E-state index in [-0.39, 0.29) is 5.57 Å². The van der Waals surface area contributed by atoms with Crippen LogP contribution in [-0.2, 0) is 9.59 Å². The van der Waals surface area contributed by atoms with Crippen molar-refractivity contribution in [3.63, 3.8) is 0 Å². The summed E-state index contributed by atoms with van der Waals surface area (Å²) in [5.74, 6) is -1.44. The van der Waals surface area contributed by atoms with Gasteiger partial charge in [-0.3, -0.25) is 14.9 Å². The summed E-state index contributed by atoms with van der Waals surface area (Å²) in [6, 6.07) is 35.6. The topological polar surface area (TPSA) is 71.4 Å². The molecule has 1 aromatic heterocycles. The number of carbonyl (C=O) groups is 3. The Labute approximate surface area is 253 Å². The van der Waals surface area contributed by atoms with Crippen LogP contribution < -0.4 is 10.2 Å². The molecule has 1 saturated heterocycles. The molecule has 0 spiro atoms. The van der Waals surface area contributed by atoms with E-state index in [2.05, 4.69) is 41.7 Å². The highest BCUT2D eigenvalue weighted by molar-refractivity contribution is 9.10. The largest absolute Gasteiger partial charge is 0.335 e. The van der Waals surface area contributed by atoms with Crippen molar-refractivity contribution in [2.75, 3.05) is 4.90 Å². The quantitative estimate of drug-likeness (QED) is 0.153. The van der Waals surface area contributed by atoms with Crippen LogP contribution in [-0.4, -0.2) is 22.4 Å². The van der Waals surface area contributed by atoms with Gasteiger partial charge in [0.25, 0.3) is 11.8 Å². The number of amides is 4. The van der Waals surface area contributed by atoms with Gasteiger partial charge >= 0.3 is 6.03 Å². The van der Waals surface area contributed by atoms with Crippen LogP contribution in [0.5, 0.6) is 0 Å². The van der Waals surface area contributed by atoms with Crippen LogP contribution in [0.4, 0.5) is 10.5 Å². The fourth-order valence-corrected chi connectivity index (χ4v) is 5.38. The monoisotopic (exact) mass is 665 g/mol. The first-order valence-electron chi connectivity index (χ1n) is 12.7. The van der Waals surface area contributed by atoms with Crippen LogP contribution in [0, 0.1) is 0 Å². The number of halogens is 2. The molecule has 8 heteroatoms. The van der Waals surface area contributed by atoms with Gasteiger partial charge in [-0.2, -0.15) is 0 Å². The van der Waals surface area contributed by atoms with E-state index in [0.717, 1.165) is 42.0 Å². The zero-order chi connectivity index (χ0) is 28.5. The van der Waals surface area contributed by atoms with Gasteiger partial charge in [-0.1, -0.05) is 92.5 Å². The van der Waals surface area contributed by atoms with E-state index in [0.29, 0.717) is 11.3 Å². The van der Waals surface area contributed by atoms with Crippen LogP contribution in [0.3, 0.4) is 0 Å². The fourth-order valence-electron chi connectivity index (χ4n) is 4.85. The molecule has 0 bridgehead atoms. The van der Waals surface area contributed by atoms with Crippen LogP contribution in [0.2, 0.25) is 0 Å². The summed E-state index contributed by atoms with van der Waals surface area (Å²) in [5.41, 5.74) is 5.31. The van der Waals surface area contributed by atoms with Crippen molar-refractivity contribution in [2.24, 2.45) is 0 Å². The van der Waals surface area contributed by atoms with E-state index >= 15 is 0 Å². The number of carbonyl (C=O) groups excluding carboxylic acids is 3. The number of nitrogens with one attached hydrogen (secondary N) is 1. The summed E-state index contributed by atoms with van der Waals surface area (Å²) < 4.78 is 3.86. The zero-order valence-corrected chi connectivity index (χ0v) is 24.6. The minimum Gasteiger partial charge on any atom is -0.309 e. The second kappa shape index (κ2) is 11.2. The van der Waals surface area contributed by atoms with Crippen LogP contribution in [0.25, 0.3) is 34.3 Å². The van der Waals surface area contributed by atoms with Gasteiger partial charge in [-0.05, 0) is 71.8 Å². The molecule has 0 unspecified atom stereocenters. The third-order valence-electron chi connectivity index (χ3n) is 6.72. The number of hydrogen-bond donors (Lipinski definition) is 1. The highest BCUT2D eigenvalue weighted by Gasteiger charge is 2.37. The molecule has 0 saturated carbocycles. The van der Waals surface area contributed by atoms with Gasteiger partial charge in [-0.25, -0.2) is 9.69 Å². The molecule has 1 fully saturated rings. The summed E-state index contributed by atoms with van der Waals surface area (Å²) >= 11 is 6.90. The summed E-state index contributed by atoms with van der Waals surface area (Å²) in [5, 5.41) is 2.33. The van der Waals surface area contributed by atoms with Gasteiger partial charge in [0.15, 0.2) is 0 Å². The molecular formula is C33H21Br2N3O3. The Hall–Kier alpha value is -4.53. The van der Waals surface area contributed by atoms with E-state index < -0.39 is 17.8 Å². The number of aromatic nitrogens is 1. The Morgan fingerprint density at radius 1 is 0.634 bits per heavy atom. The van der Waals surface area contributed by atoms with E-state index in [1.165, 1.54) is 0 Å². The SMILES string of the molecule is O=C1NC(=O)N(c2ccc(Br)cc2)C(=O)C1=Cc1cc(-c2ccccc2)n(-c2ccc(Br)cc2)c1-c1ccccc1. The maximum atomic E-state index is 13.7. The number of anilines is 1. The van der Waals surface area contributed by atoms with Crippen LogP contribution in [0.1, 0.15) is 5.56 Å². The van der Waals surface area contributed by atoms with E-state index in [1.807, 2.05) is 91.0 Å². The molecule has 6 nitrogen and oxygen atoms in total. The van der Waals surface area contributed by atoms with Gasteiger partial charge in [0, 0.05) is 20.2 Å². The first-order valence-corrected chi connectivity index (χ1v) is 14.3. The average molecular weight is 667 g/mol. The maximum absolute atomic E-state index is 13.7. The van der Waals surface area contributed by atoms with Crippen molar-refractivity contribution >= 4 is 61.5 Å². The first kappa shape index (κ1) is 26.7. The molecule has 6 rings (SSSR count). The van der Waals surface area contributed by atoms with Gasteiger partial charge in [-0.15, -0.1) is 0 Å². The predicted molar refractivity (Wildman–Crippen MR) is 167 cm³/mol. The summed E-state index contributed by atoms with van der Waals surface area (Å²) in [6.45, 7) is 0. The molecule has 1 N–H and O–H groups in total. The minimum atomic E-state index is -0.792. The van der Waals surface area contributed by atoms with Crippen molar-refractivity contribution in [3.05, 3.63) is 135 Å². The Morgan fingerprint density at radius 2 is 1.17 bits per heavy atom. The van der Waals surface area contributed by atoms with Gasteiger partial charge in [0.1, 0.15) is 5.57 Å². The summed E-state index contributed by atoms with van der Waals surface area (Å²) in [6.07, 6.45) is 1.57. The molecule has 4 aromatic carbocycles. The second-order valence-corrected chi connectivity index (χ2v) is 11.1. The summed E-state index contributed by atoms with van der Waals surface area (Å²) in [7, 11) is 0. The normalized spacial score (nSPS) is 14.4. The minimum absolute atomic E-state index is 0.141. The van der Waals surface area contributed by atoms with Crippen LogP contribution in [0.15, 0.2) is 130 Å². The van der Waals surface area contributed by atoms with Crippen molar-refractivity contribution in [3.8, 4) is 28.2 Å². The molecule has 0 radical (unpaired) electrons. The highest BCUT2D eigenvalue weighted by atomic mass is 79.9. The Morgan fingerprint density at radius 3 is 1.76 bits per heavy atom. The molecule has 2 heterocycles. The Bertz CT molecular complexity index is 1810. The van der Waals surface area contributed by atoms with Gasteiger partial charge in [0.05, 0.1) is 17.1 Å². The summed E-state index contributed by atoms with van der Waals surface area (Å²) in [4.78, 5) is 40.6. The Balaban J connectivity index is 1.59. The van der Waals surface area contributed by atoms with Gasteiger partial charge in [0.2, 0.25) is 0 Å². The van der Waals surface area contributed by atoms with E-state index in [4.69, 9.17) is 0 Å². The third-order valence-corrected chi connectivity index (χ3v) is 7.78. The van der Waals surface area contributed by atoms with E-state index in [1.54, 1.807) is 30.3 Å². The lowest BCUT2D eigenvalue weighted by molar-refractivity contribution is -0.122. The molecule has 41 heavy (non-hydrogen) atoms. The molecule has 1 aliphatic heterocycles. The zero-order valence-electron chi connectivity index (χ0n) is 21.4. The number of rotatable bonds is 5. The molecule has 1 aliphatic rings. The van der Waals surface area contributed by atoms with Crippen molar-refractivity contribution < 1.29 is 14.4 Å². The number of barbiturate groups is 1. The Kier molecular flexibility index (Phi) is 7.26. The number of hydrogen-bond acceptors (Lipinski definition) is 3. The molecule has 5 aromatic rings.